The minimum absolute atomic E-state index is 0.408. The van der Waals surface area contributed by atoms with Crippen LogP contribution < -0.4 is 5.32 Å². The molecular weight excluding hydrogens is 180 g/mol. The second-order valence-corrected chi connectivity index (χ2v) is 3.56. The Labute approximate surface area is 83.6 Å². The summed E-state index contributed by atoms with van der Waals surface area (Å²) in [6.45, 7) is 5.50. The molecule has 1 aliphatic rings. The van der Waals surface area contributed by atoms with E-state index >= 15 is 0 Å². The second-order valence-electron chi connectivity index (χ2n) is 3.56. The zero-order valence-corrected chi connectivity index (χ0v) is 8.45. The van der Waals surface area contributed by atoms with Gasteiger partial charge in [-0.2, -0.15) is 0 Å². The van der Waals surface area contributed by atoms with E-state index in [-0.39, 0.29) is 0 Å². The van der Waals surface area contributed by atoms with Crippen molar-refractivity contribution in [2.45, 2.75) is 25.8 Å². The Bertz CT molecular complexity index is 279. The van der Waals surface area contributed by atoms with Crippen LogP contribution in [-0.2, 0) is 11.3 Å². The van der Waals surface area contributed by atoms with Crippen LogP contribution >= 0.6 is 0 Å². The first kappa shape index (κ1) is 9.68. The number of aromatic nitrogens is 1. The van der Waals surface area contributed by atoms with Crippen molar-refractivity contribution < 1.29 is 9.26 Å². The molecule has 2 heterocycles. The first-order chi connectivity index (χ1) is 6.92. The van der Waals surface area contributed by atoms with Crippen molar-refractivity contribution >= 4 is 0 Å². The van der Waals surface area contributed by atoms with E-state index in [4.69, 9.17) is 9.26 Å². The largest absolute Gasteiger partial charge is 0.381 e. The van der Waals surface area contributed by atoms with Gasteiger partial charge in [-0.15, -0.1) is 0 Å². The monoisotopic (exact) mass is 196 g/mol. The Morgan fingerprint density at radius 1 is 1.64 bits per heavy atom. The SMILES string of the molecule is CCNCc1cnoc1C1CCOC1. The molecule has 4 nitrogen and oxygen atoms in total. The highest BCUT2D eigenvalue weighted by Crippen LogP contribution is 2.27. The van der Waals surface area contributed by atoms with Gasteiger partial charge in [0.15, 0.2) is 0 Å². The van der Waals surface area contributed by atoms with Crippen LogP contribution in [0.3, 0.4) is 0 Å². The van der Waals surface area contributed by atoms with Crippen molar-refractivity contribution in [3.63, 3.8) is 0 Å². The van der Waals surface area contributed by atoms with Crippen molar-refractivity contribution in [3.05, 3.63) is 17.5 Å². The molecule has 1 aromatic heterocycles. The molecule has 4 heteroatoms. The van der Waals surface area contributed by atoms with E-state index in [2.05, 4.69) is 17.4 Å². The van der Waals surface area contributed by atoms with E-state index in [0.717, 1.165) is 38.5 Å². The fourth-order valence-electron chi connectivity index (χ4n) is 1.74. The summed E-state index contributed by atoms with van der Waals surface area (Å²) >= 11 is 0. The molecule has 0 saturated carbocycles. The summed E-state index contributed by atoms with van der Waals surface area (Å²) in [5, 5.41) is 7.12. The summed E-state index contributed by atoms with van der Waals surface area (Å²) in [5.41, 5.74) is 1.17. The third-order valence-electron chi connectivity index (χ3n) is 2.54. The zero-order chi connectivity index (χ0) is 9.80. The zero-order valence-electron chi connectivity index (χ0n) is 8.45. The number of rotatable bonds is 4. The molecule has 0 radical (unpaired) electrons. The predicted octanol–water partition coefficient (Wildman–Crippen LogP) is 1.29. The summed E-state index contributed by atoms with van der Waals surface area (Å²) < 4.78 is 10.6. The molecule has 1 fully saturated rings. The van der Waals surface area contributed by atoms with Gasteiger partial charge < -0.3 is 14.6 Å². The van der Waals surface area contributed by atoms with Crippen molar-refractivity contribution in [3.8, 4) is 0 Å². The molecule has 0 aliphatic carbocycles. The van der Waals surface area contributed by atoms with E-state index in [1.165, 1.54) is 5.56 Å². The van der Waals surface area contributed by atoms with Gasteiger partial charge in [-0.1, -0.05) is 12.1 Å². The van der Waals surface area contributed by atoms with Crippen LogP contribution in [-0.4, -0.2) is 24.9 Å². The molecule has 0 aromatic carbocycles. The normalized spacial score (nSPS) is 21.6. The fourth-order valence-corrected chi connectivity index (χ4v) is 1.74. The van der Waals surface area contributed by atoms with Crippen LogP contribution in [0.2, 0.25) is 0 Å². The number of nitrogens with zero attached hydrogens (tertiary/aromatic N) is 1. The lowest BCUT2D eigenvalue weighted by atomic mass is 10.0. The van der Waals surface area contributed by atoms with Crippen LogP contribution in [0.15, 0.2) is 10.7 Å². The van der Waals surface area contributed by atoms with Gasteiger partial charge >= 0.3 is 0 Å². The van der Waals surface area contributed by atoms with E-state index < -0.39 is 0 Å². The van der Waals surface area contributed by atoms with Crippen molar-refractivity contribution in [2.24, 2.45) is 0 Å². The Balaban J connectivity index is 2.04. The van der Waals surface area contributed by atoms with Gasteiger partial charge in [0.1, 0.15) is 5.76 Å². The standard InChI is InChI=1S/C10H16N2O2/c1-2-11-5-9-6-12-14-10(9)8-3-4-13-7-8/h6,8,11H,2-5,7H2,1H3. The maximum atomic E-state index is 5.33. The van der Waals surface area contributed by atoms with Gasteiger partial charge in [-0.05, 0) is 13.0 Å². The van der Waals surface area contributed by atoms with Crippen molar-refractivity contribution in [1.82, 2.24) is 10.5 Å². The molecule has 14 heavy (non-hydrogen) atoms. The molecule has 0 amide bonds. The van der Waals surface area contributed by atoms with Crippen LogP contribution in [0.25, 0.3) is 0 Å². The van der Waals surface area contributed by atoms with Gasteiger partial charge in [-0.25, -0.2) is 0 Å². The second kappa shape index (κ2) is 4.57. The third kappa shape index (κ3) is 1.96. The molecule has 1 aliphatic heterocycles. The minimum atomic E-state index is 0.408. The highest BCUT2D eigenvalue weighted by Gasteiger charge is 2.24. The first-order valence-electron chi connectivity index (χ1n) is 5.13. The van der Waals surface area contributed by atoms with Crippen molar-refractivity contribution in [2.75, 3.05) is 19.8 Å². The van der Waals surface area contributed by atoms with Crippen LogP contribution in [0, 0.1) is 0 Å². The number of hydrogen-bond donors (Lipinski definition) is 1. The molecule has 1 atom stereocenters. The van der Waals surface area contributed by atoms with Gasteiger partial charge in [-0.3, -0.25) is 0 Å². The Morgan fingerprint density at radius 3 is 3.29 bits per heavy atom. The first-order valence-corrected chi connectivity index (χ1v) is 5.13. The highest BCUT2D eigenvalue weighted by molar-refractivity contribution is 5.18. The number of ether oxygens (including phenoxy) is 1. The maximum absolute atomic E-state index is 5.33. The predicted molar refractivity (Wildman–Crippen MR) is 52.1 cm³/mol. The molecule has 1 aromatic rings. The summed E-state index contributed by atoms with van der Waals surface area (Å²) in [7, 11) is 0. The average molecular weight is 196 g/mol. The molecule has 2 rings (SSSR count). The molecule has 0 bridgehead atoms. The lowest BCUT2D eigenvalue weighted by Gasteiger charge is -2.05. The molecular formula is C10H16N2O2. The van der Waals surface area contributed by atoms with Gasteiger partial charge in [0.2, 0.25) is 0 Å². The fraction of sp³-hybridized carbons (Fsp3) is 0.700. The summed E-state index contributed by atoms with van der Waals surface area (Å²) in [6.07, 6.45) is 2.85. The molecule has 1 unspecified atom stereocenters. The van der Waals surface area contributed by atoms with Crippen LogP contribution in [0.5, 0.6) is 0 Å². The number of hydrogen-bond acceptors (Lipinski definition) is 4. The highest BCUT2D eigenvalue weighted by atomic mass is 16.5. The van der Waals surface area contributed by atoms with E-state index in [9.17, 15) is 0 Å². The molecule has 1 N–H and O–H groups in total. The van der Waals surface area contributed by atoms with E-state index in [0.29, 0.717) is 5.92 Å². The molecule has 0 spiro atoms. The molecule has 1 saturated heterocycles. The lowest BCUT2D eigenvalue weighted by Crippen LogP contribution is -2.13. The van der Waals surface area contributed by atoms with Gasteiger partial charge in [0, 0.05) is 24.6 Å². The van der Waals surface area contributed by atoms with Gasteiger partial charge in [0.05, 0.1) is 12.8 Å². The molecule has 78 valence electrons. The summed E-state index contributed by atoms with van der Waals surface area (Å²) in [5.74, 6) is 1.41. The van der Waals surface area contributed by atoms with Crippen LogP contribution in [0.1, 0.15) is 30.6 Å². The Hall–Kier alpha value is -0.870. The Morgan fingerprint density at radius 2 is 2.57 bits per heavy atom. The summed E-state index contributed by atoms with van der Waals surface area (Å²) in [4.78, 5) is 0. The third-order valence-corrected chi connectivity index (χ3v) is 2.54. The average Bonchev–Trinajstić information content (AvgIpc) is 2.84. The van der Waals surface area contributed by atoms with Crippen LogP contribution in [0.4, 0.5) is 0 Å². The van der Waals surface area contributed by atoms with E-state index in [1.807, 2.05) is 0 Å². The topological polar surface area (TPSA) is 47.3 Å². The summed E-state index contributed by atoms with van der Waals surface area (Å²) in [6, 6.07) is 0. The Kier molecular flexibility index (Phi) is 3.16. The van der Waals surface area contributed by atoms with Crippen molar-refractivity contribution in [1.29, 1.82) is 0 Å². The number of nitrogens with one attached hydrogen (secondary N) is 1. The van der Waals surface area contributed by atoms with E-state index in [1.54, 1.807) is 6.20 Å². The quantitative estimate of drug-likeness (QED) is 0.788. The van der Waals surface area contributed by atoms with Gasteiger partial charge in [0.25, 0.3) is 0 Å². The maximum Gasteiger partial charge on any atom is 0.146 e. The minimum Gasteiger partial charge on any atom is -0.381 e. The smallest absolute Gasteiger partial charge is 0.146 e. The lowest BCUT2D eigenvalue weighted by molar-refractivity contribution is 0.189.